The van der Waals surface area contributed by atoms with Crippen molar-refractivity contribution in [2.45, 2.75) is 49.2 Å². The maximum absolute atomic E-state index is 12.0. The van der Waals surface area contributed by atoms with Crippen LogP contribution in [0.4, 0.5) is 0 Å². The number of pyridine rings is 1. The van der Waals surface area contributed by atoms with Crippen molar-refractivity contribution in [1.29, 1.82) is 0 Å². The maximum Gasteiger partial charge on any atom is 0.325 e. The fourth-order valence-corrected chi connectivity index (χ4v) is 3.09. The molecule has 1 N–H and O–H groups in total. The summed E-state index contributed by atoms with van der Waals surface area (Å²) in [5.41, 5.74) is -0.579. The van der Waals surface area contributed by atoms with Crippen molar-refractivity contribution < 1.29 is 9.53 Å². The quantitative estimate of drug-likeness (QED) is 0.451. The lowest BCUT2D eigenvalue weighted by atomic mass is 9.96. The van der Waals surface area contributed by atoms with Gasteiger partial charge >= 0.3 is 5.97 Å². The van der Waals surface area contributed by atoms with Crippen LogP contribution in [0.3, 0.4) is 0 Å². The number of hydrogen-bond acceptors (Lipinski definition) is 5. The molecule has 1 atom stereocenters. The van der Waals surface area contributed by atoms with Gasteiger partial charge in [-0.1, -0.05) is 11.6 Å². The molecule has 0 aromatic carbocycles. The molecule has 1 aromatic rings. The largest absolute Gasteiger partial charge is 0.468 e. The minimum atomic E-state index is -0.579. The molecule has 0 radical (unpaired) electrons. The summed E-state index contributed by atoms with van der Waals surface area (Å²) in [4.78, 5) is 16.2. The Morgan fingerprint density at radius 1 is 1.57 bits per heavy atom. The van der Waals surface area contributed by atoms with Crippen LogP contribution in [-0.2, 0) is 9.53 Å². The van der Waals surface area contributed by atoms with Crippen molar-refractivity contribution in [3.8, 4) is 0 Å². The molecular weight excluding hydrogens is 308 g/mol. The van der Waals surface area contributed by atoms with E-state index in [-0.39, 0.29) is 5.97 Å². The maximum atomic E-state index is 12.0. The molecule has 1 unspecified atom stereocenters. The smallest absolute Gasteiger partial charge is 0.325 e. The molecule has 1 saturated carbocycles. The molecule has 1 aliphatic carbocycles. The SMILES string of the molecule is COC(=O)C(C)(CCCSc1ccc(Cl)cn1)NC1CC1. The molecule has 1 aromatic heterocycles. The third-order valence-electron chi connectivity index (χ3n) is 3.51. The first-order valence-corrected chi connectivity index (χ1v) is 8.50. The summed E-state index contributed by atoms with van der Waals surface area (Å²) in [6.07, 6.45) is 5.63. The normalized spacial score (nSPS) is 17.3. The van der Waals surface area contributed by atoms with Crippen molar-refractivity contribution in [3.63, 3.8) is 0 Å². The lowest BCUT2D eigenvalue weighted by molar-refractivity contribution is -0.148. The Morgan fingerprint density at radius 2 is 2.33 bits per heavy atom. The summed E-state index contributed by atoms with van der Waals surface area (Å²) < 4.78 is 4.94. The average Bonchev–Trinajstić information content (AvgIpc) is 3.28. The highest BCUT2D eigenvalue weighted by atomic mass is 35.5. The zero-order valence-corrected chi connectivity index (χ0v) is 14.0. The van der Waals surface area contributed by atoms with Crippen molar-refractivity contribution >= 4 is 29.3 Å². The van der Waals surface area contributed by atoms with E-state index in [9.17, 15) is 4.79 Å². The fraction of sp³-hybridized carbons (Fsp3) is 0.600. The van der Waals surface area contributed by atoms with Crippen LogP contribution in [-0.4, -0.2) is 35.4 Å². The highest BCUT2D eigenvalue weighted by Crippen LogP contribution is 2.27. The van der Waals surface area contributed by atoms with Crippen molar-refractivity contribution in [3.05, 3.63) is 23.4 Å². The van der Waals surface area contributed by atoms with Crippen LogP contribution in [0, 0.1) is 0 Å². The Labute approximate surface area is 135 Å². The number of hydrogen-bond donors (Lipinski definition) is 1. The first kappa shape index (κ1) is 16.6. The van der Waals surface area contributed by atoms with Crippen LogP contribution in [0.5, 0.6) is 0 Å². The van der Waals surface area contributed by atoms with Crippen LogP contribution in [0.1, 0.15) is 32.6 Å². The first-order valence-electron chi connectivity index (χ1n) is 7.14. The van der Waals surface area contributed by atoms with E-state index < -0.39 is 5.54 Å². The van der Waals surface area contributed by atoms with E-state index in [1.807, 2.05) is 19.1 Å². The van der Waals surface area contributed by atoms with E-state index >= 15 is 0 Å². The Morgan fingerprint density at radius 3 is 2.90 bits per heavy atom. The van der Waals surface area contributed by atoms with Crippen molar-refractivity contribution in [2.75, 3.05) is 12.9 Å². The molecule has 1 heterocycles. The number of nitrogens with zero attached hydrogens (tertiary/aromatic N) is 1. The molecule has 0 bridgehead atoms. The topological polar surface area (TPSA) is 51.2 Å². The van der Waals surface area contributed by atoms with E-state index in [0.29, 0.717) is 11.1 Å². The van der Waals surface area contributed by atoms with E-state index in [2.05, 4.69) is 10.3 Å². The number of aromatic nitrogens is 1. The van der Waals surface area contributed by atoms with Crippen LogP contribution in [0.25, 0.3) is 0 Å². The third kappa shape index (κ3) is 5.16. The summed E-state index contributed by atoms with van der Waals surface area (Å²) in [6.45, 7) is 1.93. The van der Waals surface area contributed by atoms with E-state index in [4.69, 9.17) is 16.3 Å². The molecule has 0 spiro atoms. The lowest BCUT2D eigenvalue weighted by Gasteiger charge is -2.28. The summed E-state index contributed by atoms with van der Waals surface area (Å²) >= 11 is 7.48. The van der Waals surface area contributed by atoms with Gasteiger partial charge in [0.15, 0.2) is 0 Å². The predicted octanol–water partition coefficient (Wildman–Crippen LogP) is 3.29. The summed E-state index contributed by atoms with van der Waals surface area (Å²) in [7, 11) is 1.45. The standard InChI is InChI=1S/C15H21ClN2O2S/c1-15(14(19)20-2,18-12-5-6-12)8-3-9-21-13-7-4-11(16)10-17-13/h4,7,10,12,18H,3,5-6,8-9H2,1-2H3. The molecule has 6 heteroatoms. The van der Waals surface area contributed by atoms with Crippen LogP contribution < -0.4 is 5.32 Å². The zero-order valence-electron chi connectivity index (χ0n) is 12.4. The van der Waals surface area contributed by atoms with Gasteiger partial charge in [0, 0.05) is 12.2 Å². The zero-order chi connectivity index (χ0) is 15.3. The average molecular weight is 329 g/mol. The molecule has 0 saturated heterocycles. The number of carbonyl (C=O) groups excluding carboxylic acids is 1. The molecule has 2 rings (SSSR count). The van der Waals surface area contributed by atoms with Gasteiger partial charge in [-0.2, -0.15) is 0 Å². The molecule has 0 amide bonds. The van der Waals surface area contributed by atoms with E-state index in [1.165, 1.54) is 7.11 Å². The predicted molar refractivity (Wildman–Crippen MR) is 85.8 cm³/mol. The summed E-state index contributed by atoms with van der Waals surface area (Å²) in [5.74, 6) is 0.733. The van der Waals surface area contributed by atoms with Gasteiger partial charge in [-0.15, -0.1) is 11.8 Å². The van der Waals surface area contributed by atoms with E-state index in [1.54, 1.807) is 18.0 Å². The van der Waals surface area contributed by atoms with Crippen LogP contribution in [0.15, 0.2) is 23.4 Å². The fourth-order valence-electron chi connectivity index (χ4n) is 2.19. The molecule has 21 heavy (non-hydrogen) atoms. The van der Waals surface area contributed by atoms with Crippen molar-refractivity contribution in [2.24, 2.45) is 0 Å². The minimum Gasteiger partial charge on any atom is -0.468 e. The number of thioether (sulfide) groups is 1. The number of halogens is 1. The number of esters is 1. The van der Waals surface area contributed by atoms with Crippen LogP contribution >= 0.6 is 23.4 Å². The Bertz CT molecular complexity index is 479. The molecule has 4 nitrogen and oxygen atoms in total. The Hall–Kier alpha value is -0.780. The van der Waals surface area contributed by atoms with E-state index in [0.717, 1.165) is 36.5 Å². The van der Waals surface area contributed by atoms with Gasteiger partial charge in [0.25, 0.3) is 0 Å². The van der Waals surface area contributed by atoms with Gasteiger partial charge in [-0.25, -0.2) is 4.98 Å². The van der Waals surface area contributed by atoms with Gasteiger partial charge < -0.3 is 4.74 Å². The minimum absolute atomic E-state index is 0.177. The second-order valence-electron chi connectivity index (χ2n) is 5.51. The first-order chi connectivity index (χ1) is 10.0. The highest BCUT2D eigenvalue weighted by molar-refractivity contribution is 7.99. The second-order valence-corrected chi connectivity index (χ2v) is 7.06. The lowest BCUT2D eigenvalue weighted by Crippen LogP contribution is -2.51. The van der Waals surface area contributed by atoms with Gasteiger partial charge in [-0.05, 0) is 50.5 Å². The second kappa shape index (κ2) is 7.47. The molecule has 116 valence electrons. The van der Waals surface area contributed by atoms with Crippen LogP contribution in [0.2, 0.25) is 5.02 Å². The Kier molecular flexibility index (Phi) is 5.90. The number of methoxy groups -OCH3 is 1. The third-order valence-corrected chi connectivity index (χ3v) is 4.76. The van der Waals surface area contributed by atoms with Gasteiger partial charge in [0.2, 0.25) is 0 Å². The molecule has 1 aliphatic rings. The Balaban J connectivity index is 1.78. The number of rotatable bonds is 8. The number of ether oxygens (including phenoxy) is 1. The van der Waals surface area contributed by atoms with Gasteiger partial charge in [0.1, 0.15) is 5.54 Å². The van der Waals surface area contributed by atoms with Gasteiger partial charge in [-0.3, -0.25) is 10.1 Å². The molecular formula is C15H21ClN2O2S. The summed E-state index contributed by atoms with van der Waals surface area (Å²) in [5, 5.41) is 5.01. The van der Waals surface area contributed by atoms with Gasteiger partial charge in [0.05, 0.1) is 17.2 Å². The number of carbonyl (C=O) groups is 1. The molecule has 0 aliphatic heterocycles. The highest BCUT2D eigenvalue weighted by Gasteiger charge is 2.38. The number of nitrogens with one attached hydrogen (secondary N) is 1. The van der Waals surface area contributed by atoms with Crippen molar-refractivity contribution in [1.82, 2.24) is 10.3 Å². The molecule has 1 fully saturated rings. The monoisotopic (exact) mass is 328 g/mol. The summed E-state index contributed by atoms with van der Waals surface area (Å²) in [6, 6.07) is 4.22.